The predicted octanol–water partition coefficient (Wildman–Crippen LogP) is 0.772. The minimum atomic E-state index is -0.221. The van der Waals surface area contributed by atoms with Gasteiger partial charge in [0.05, 0.1) is 24.3 Å². The SMILES string of the molecule is CCC(C)NC(=O)CN1CCN(CN2C(=O)c3ccccc3C2=O)CC1. The number of nitrogens with one attached hydrogen (secondary N) is 1. The van der Waals surface area contributed by atoms with E-state index in [0.717, 1.165) is 32.6 Å². The molecule has 26 heavy (non-hydrogen) atoms. The quantitative estimate of drug-likeness (QED) is 0.761. The summed E-state index contributed by atoms with van der Waals surface area (Å²) in [6.07, 6.45) is 0.916. The third kappa shape index (κ3) is 3.94. The average molecular weight is 358 g/mol. The van der Waals surface area contributed by atoms with Crippen LogP contribution in [0.1, 0.15) is 41.0 Å². The lowest BCUT2D eigenvalue weighted by Gasteiger charge is -2.35. The van der Waals surface area contributed by atoms with E-state index in [1.807, 2.05) is 13.8 Å². The molecule has 1 unspecified atom stereocenters. The summed E-state index contributed by atoms with van der Waals surface area (Å²) in [6.45, 7) is 7.69. The number of hydrogen-bond donors (Lipinski definition) is 1. The van der Waals surface area contributed by atoms with Crippen LogP contribution in [0.5, 0.6) is 0 Å². The van der Waals surface area contributed by atoms with E-state index in [-0.39, 0.29) is 23.8 Å². The van der Waals surface area contributed by atoms with Crippen LogP contribution < -0.4 is 5.32 Å². The van der Waals surface area contributed by atoms with Gasteiger partial charge in [-0.25, -0.2) is 0 Å². The first-order valence-electron chi connectivity index (χ1n) is 9.19. The molecule has 140 valence electrons. The van der Waals surface area contributed by atoms with Gasteiger partial charge in [0.1, 0.15) is 0 Å². The second-order valence-corrected chi connectivity index (χ2v) is 7.00. The first-order valence-corrected chi connectivity index (χ1v) is 9.19. The Morgan fingerprint density at radius 2 is 1.58 bits per heavy atom. The van der Waals surface area contributed by atoms with Gasteiger partial charge in [0.25, 0.3) is 11.8 Å². The summed E-state index contributed by atoms with van der Waals surface area (Å²) in [6, 6.07) is 7.14. The van der Waals surface area contributed by atoms with Crippen molar-refractivity contribution in [3.8, 4) is 0 Å². The molecule has 7 nitrogen and oxygen atoms in total. The van der Waals surface area contributed by atoms with Gasteiger partial charge in [-0.1, -0.05) is 19.1 Å². The van der Waals surface area contributed by atoms with Crippen LogP contribution in [-0.4, -0.2) is 77.9 Å². The number of carbonyl (C=O) groups excluding carboxylic acids is 3. The first-order chi connectivity index (χ1) is 12.5. The van der Waals surface area contributed by atoms with Gasteiger partial charge >= 0.3 is 0 Å². The van der Waals surface area contributed by atoms with Crippen molar-refractivity contribution in [2.45, 2.75) is 26.3 Å². The zero-order chi connectivity index (χ0) is 18.7. The van der Waals surface area contributed by atoms with E-state index >= 15 is 0 Å². The van der Waals surface area contributed by atoms with Crippen molar-refractivity contribution in [1.82, 2.24) is 20.0 Å². The number of fused-ring (bicyclic) bond motifs is 1. The highest BCUT2D eigenvalue weighted by molar-refractivity contribution is 6.21. The molecule has 1 aromatic rings. The molecule has 3 rings (SSSR count). The van der Waals surface area contributed by atoms with Crippen molar-refractivity contribution in [2.75, 3.05) is 39.4 Å². The number of rotatable bonds is 6. The van der Waals surface area contributed by atoms with Gasteiger partial charge in [0.15, 0.2) is 0 Å². The average Bonchev–Trinajstić information content (AvgIpc) is 2.88. The van der Waals surface area contributed by atoms with Crippen LogP contribution in [0.4, 0.5) is 0 Å². The Bertz CT molecular complexity index is 663. The fourth-order valence-electron chi connectivity index (χ4n) is 3.28. The van der Waals surface area contributed by atoms with Crippen molar-refractivity contribution < 1.29 is 14.4 Å². The highest BCUT2D eigenvalue weighted by Crippen LogP contribution is 2.22. The molecule has 0 aromatic heterocycles. The van der Waals surface area contributed by atoms with Gasteiger partial charge in [-0.05, 0) is 25.5 Å². The van der Waals surface area contributed by atoms with E-state index in [0.29, 0.717) is 24.3 Å². The minimum Gasteiger partial charge on any atom is -0.353 e. The number of amides is 3. The van der Waals surface area contributed by atoms with Gasteiger partial charge in [0, 0.05) is 32.2 Å². The third-order valence-electron chi connectivity index (χ3n) is 5.07. The van der Waals surface area contributed by atoms with E-state index in [1.165, 1.54) is 4.90 Å². The van der Waals surface area contributed by atoms with Gasteiger partial charge in [-0.15, -0.1) is 0 Å². The summed E-state index contributed by atoms with van der Waals surface area (Å²) in [5, 5.41) is 2.98. The molecule has 0 saturated carbocycles. The molecule has 0 spiro atoms. The lowest BCUT2D eigenvalue weighted by Crippen LogP contribution is -2.53. The maximum Gasteiger partial charge on any atom is 0.262 e. The van der Waals surface area contributed by atoms with E-state index in [2.05, 4.69) is 15.1 Å². The molecule has 0 radical (unpaired) electrons. The molecule has 0 bridgehead atoms. The van der Waals surface area contributed by atoms with Crippen LogP contribution in [0.2, 0.25) is 0 Å². The van der Waals surface area contributed by atoms with E-state index in [9.17, 15) is 14.4 Å². The number of piperazine rings is 1. The van der Waals surface area contributed by atoms with E-state index in [4.69, 9.17) is 0 Å². The Morgan fingerprint density at radius 3 is 2.12 bits per heavy atom. The molecule has 0 aliphatic carbocycles. The number of carbonyl (C=O) groups is 3. The van der Waals surface area contributed by atoms with Gasteiger partial charge in [-0.3, -0.25) is 29.1 Å². The van der Waals surface area contributed by atoms with Crippen LogP contribution in [0, 0.1) is 0 Å². The third-order valence-corrected chi connectivity index (χ3v) is 5.07. The second-order valence-electron chi connectivity index (χ2n) is 7.00. The number of benzene rings is 1. The lowest BCUT2D eigenvalue weighted by atomic mass is 10.1. The molecule has 3 amide bonds. The Labute approximate surface area is 153 Å². The van der Waals surface area contributed by atoms with Crippen LogP contribution in [0.15, 0.2) is 24.3 Å². The van der Waals surface area contributed by atoms with Crippen LogP contribution in [0.25, 0.3) is 0 Å². The number of nitrogens with zero attached hydrogens (tertiary/aromatic N) is 3. The zero-order valence-corrected chi connectivity index (χ0v) is 15.4. The first kappa shape index (κ1) is 18.5. The molecular weight excluding hydrogens is 332 g/mol. The zero-order valence-electron chi connectivity index (χ0n) is 15.4. The van der Waals surface area contributed by atoms with Gasteiger partial charge < -0.3 is 5.32 Å². The Hall–Kier alpha value is -2.25. The largest absolute Gasteiger partial charge is 0.353 e. The summed E-state index contributed by atoms with van der Waals surface area (Å²) < 4.78 is 0. The monoisotopic (exact) mass is 358 g/mol. The normalized spacial score (nSPS) is 19.5. The summed E-state index contributed by atoms with van der Waals surface area (Å²) in [5.74, 6) is -0.393. The predicted molar refractivity (Wildman–Crippen MR) is 97.7 cm³/mol. The Balaban J connectivity index is 1.49. The summed E-state index contributed by atoms with van der Waals surface area (Å²) in [4.78, 5) is 42.4. The molecular formula is C19H26N4O3. The molecule has 1 N–H and O–H groups in total. The van der Waals surface area contributed by atoms with Gasteiger partial charge in [0.2, 0.25) is 5.91 Å². The molecule has 1 atom stereocenters. The van der Waals surface area contributed by atoms with E-state index < -0.39 is 0 Å². The summed E-state index contributed by atoms with van der Waals surface area (Å²) >= 11 is 0. The molecule has 1 aromatic carbocycles. The van der Waals surface area contributed by atoms with E-state index in [1.54, 1.807) is 24.3 Å². The van der Waals surface area contributed by atoms with Crippen molar-refractivity contribution in [1.29, 1.82) is 0 Å². The topological polar surface area (TPSA) is 73.0 Å². The molecule has 2 heterocycles. The smallest absolute Gasteiger partial charge is 0.262 e. The minimum absolute atomic E-state index is 0.0492. The van der Waals surface area contributed by atoms with Gasteiger partial charge in [-0.2, -0.15) is 0 Å². The van der Waals surface area contributed by atoms with Crippen molar-refractivity contribution >= 4 is 17.7 Å². The Kier molecular flexibility index (Phi) is 5.68. The fourth-order valence-corrected chi connectivity index (χ4v) is 3.28. The lowest BCUT2D eigenvalue weighted by molar-refractivity contribution is -0.123. The van der Waals surface area contributed by atoms with Crippen LogP contribution in [-0.2, 0) is 4.79 Å². The number of hydrogen-bond acceptors (Lipinski definition) is 5. The summed E-state index contributed by atoms with van der Waals surface area (Å²) in [5.41, 5.74) is 0.968. The highest BCUT2D eigenvalue weighted by Gasteiger charge is 2.36. The standard InChI is InChI=1S/C19H26N4O3/c1-3-14(2)20-17(24)12-21-8-10-22(11-9-21)13-23-18(25)15-6-4-5-7-16(15)19(23)26/h4-7,14H,3,8-13H2,1-2H3,(H,20,24). The second kappa shape index (κ2) is 7.97. The molecule has 1 fully saturated rings. The van der Waals surface area contributed by atoms with Crippen molar-refractivity contribution in [3.05, 3.63) is 35.4 Å². The van der Waals surface area contributed by atoms with Crippen molar-refractivity contribution in [3.63, 3.8) is 0 Å². The summed E-state index contributed by atoms with van der Waals surface area (Å²) in [7, 11) is 0. The molecule has 7 heteroatoms. The molecule has 1 saturated heterocycles. The van der Waals surface area contributed by atoms with Crippen LogP contribution in [0.3, 0.4) is 0 Å². The van der Waals surface area contributed by atoms with Crippen molar-refractivity contribution in [2.24, 2.45) is 0 Å². The maximum absolute atomic E-state index is 12.4. The number of imide groups is 1. The maximum atomic E-state index is 12.4. The molecule has 2 aliphatic rings. The molecule has 2 aliphatic heterocycles. The highest BCUT2D eigenvalue weighted by atomic mass is 16.2. The van der Waals surface area contributed by atoms with Crippen LogP contribution >= 0.6 is 0 Å². The Morgan fingerprint density at radius 1 is 1.04 bits per heavy atom. The fraction of sp³-hybridized carbons (Fsp3) is 0.526.